The van der Waals surface area contributed by atoms with E-state index in [1.807, 2.05) is 0 Å². The summed E-state index contributed by atoms with van der Waals surface area (Å²) >= 11 is 5.51. The first-order valence-corrected chi connectivity index (χ1v) is 6.60. The van der Waals surface area contributed by atoms with Crippen molar-refractivity contribution in [3.63, 3.8) is 0 Å². The van der Waals surface area contributed by atoms with E-state index >= 15 is 0 Å². The molecule has 0 heterocycles. The molecule has 0 spiro atoms. The van der Waals surface area contributed by atoms with Gasteiger partial charge in [0.05, 0.1) is 16.5 Å². The zero-order valence-corrected chi connectivity index (χ0v) is 11.3. The molecule has 110 valence electrons. The van der Waals surface area contributed by atoms with Crippen molar-refractivity contribution in [2.45, 2.75) is 31.5 Å². The second kappa shape index (κ2) is 5.61. The van der Waals surface area contributed by atoms with E-state index in [2.05, 4.69) is 5.32 Å². The number of halogens is 4. The number of nitrogens with two attached hydrogens (primary N) is 1. The van der Waals surface area contributed by atoms with Crippen molar-refractivity contribution in [2.24, 2.45) is 11.7 Å². The molecule has 2 atom stereocenters. The molecule has 1 aromatic rings. The van der Waals surface area contributed by atoms with Gasteiger partial charge in [-0.1, -0.05) is 18.0 Å². The molecule has 0 aliphatic heterocycles. The Morgan fingerprint density at radius 1 is 1.35 bits per heavy atom. The van der Waals surface area contributed by atoms with E-state index in [4.69, 9.17) is 17.3 Å². The third-order valence-corrected chi connectivity index (χ3v) is 3.78. The van der Waals surface area contributed by atoms with E-state index in [1.54, 1.807) is 0 Å². The highest BCUT2D eigenvalue weighted by Crippen LogP contribution is 2.36. The fourth-order valence-electron chi connectivity index (χ4n) is 2.37. The van der Waals surface area contributed by atoms with Crippen LogP contribution in [0.1, 0.15) is 24.8 Å². The Kier molecular flexibility index (Phi) is 4.25. The van der Waals surface area contributed by atoms with Gasteiger partial charge in [-0.15, -0.1) is 0 Å². The van der Waals surface area contributed by atoms with Crippen LogP contribution >= 0.6 is 11.6 Å². The molecule has 0 radical (unpaired) electrons. The molecule has 7 heteroatoms. The average Bonchev–Trinajstić information content (AvgIpc) is 2.76. The fourth-order valence-corrected chi connectivity index (χ4v) is 2.59. The number of anilines is 1. The summed E-state index contributed by atoms with van der Waals surface area (Å²) in [6.07, 6.45) is -2.28. The molecule has 1 aliphatic rings. The normalized spacial score (nSPS) is 22.9. The van der Waals surface area contributed by atoms with Crippen LogP contribution in [-0.4, -0.2) is 11.9 Å². The van der Waals surface area contributed by atoms with Gasteiger partial charge in [-0.3, -0.25) is 4.79 Å². The van der Waals surface area contributed by atoms with Crippen LogP contribution in [0.4, 0.5) is 18.9 Å². The van der Waals surface area contributed by atoms with E-state index in [1.165, 1.54) is 6.07 Å². The Bertz CT molecular complexity index is 519. The SMILES string of the molecule is NC1CCCC1C(=O)Nc1ccc(Cl)c(C(F)(F)F)c1. The quantitative estimate of drug-likeness (QED) is 0.879. The van der Waals surface area contributed by atoms with Crippen molar-refractivity contribution in [1.82, 2.24) is 0 Å². The lowest BCUT2D eigenvalue weighted by molar-refractivity contribution is -0.137. The lowest BCUT2D eigenvalue weighted by atomic mass is 10.0. The summed E-state index contributed by atoms with van der Waals surface area (Å²) in [5.41, 5.74) is 4.90. The van der Waals surface area contributed by atoms with Crippen molar-refractivity contribution in [2.75, 3.05) is 5.32 Å². The number of alkyl halides is 3. The van der Waals surface area contributed by atoms with E-state index in [9.17, 15) is 18.0 Å². The summed E-state index contributed by atoms with van der Waals surface area (Å²) in [5.74, 6) is -0.689. The topological polar surface area (TPSA) is 55.1 Å². The van der Waals surface area contributed by atoms with Gasteiger partial charge in [0.2, 0.25) is 5.91 Å². The molecule has 1 fully saturated rings. The van der Waals surface area contributed by atoms with Gasteiger partial charge in [-0.2, -0.15) is 13.2 Å². The summed E-state index contributed by atoms with van der Waals surface area (Å²) in [6, 6.07) is 3.06. The van der Waals surface area contributed by atoms with Crippen LogP contribution in [0.25, 0.3) is 0 Å². The van der Waals surface area contributed by atoms with E-state index in [-0.39, 0.29) is 23.6 Å². The molecule has 20 heavy (non-hydrogen) atoms. The summed E-state index contributed by atoms with van der Waals surface area (Å²) in [5, 5.41) is 2.08. The van der Waals surface area contributed by atoms with Crippen molar-refractivity contribution in [3.05, 3.63) is 28.8 Å². The Balaban J connectivity index is 2.16. The fraction of sp³-hybridized carbons (Fsp3) is 0.462. The maximum Gasteiger partial charge on any atom is 0.417 e. The van der Waals surface area contributed by atoms with Crippen LogP contribution in [-0.2, 0) is 11.0 Å². The summed E-state index contributed by atoms with van der Waals surface area (Å²) < 4.78 is 38.1. The summed E-state index contributed by atoms with van der Waals surface area (Å²) in [7, 11) is 0. The van der Waals surface area contributed by atoms with Crippen LogP contribution in [0.2, 0.25) is 5.02 Å². The number of hydrogen-bond donors (Lipinski definition) is 2. The molecule has 2 unspecified atom stereocenters. The first kappa shape index (κ1) is 15.1. The second-order valence-corrected chi connectivity index (χ2v) is 5.29. The van der Waals surface area contributed by atoms with Gasteiger partial charge < -0.3 is 11.1 Å². The number of amides is 1. The molecule has 0 saturated heterocycles. The molecule has 1 aromatic carbocycles. The Labute approximate surface area is 119 Å². The third-order valence-electron chi connectivity index (χ3n) is 3.45. The first-order valence-electron chi connectivity index (χ1n) is 6.22. The van der Waals surface area contributed by atoms with Crippen molar-refractivity contribution in [1.29, 1.82) is 0 Å². The molecular weight excluding hydrogens is 293 g/mol. The number of rotatable bonds is 2. The van der Waals surface area contributed by atoms with Crippen LogP contribution in [0.3, 0.4) is 0 Å². The van der Waals surface area contributed by atoms with Gasteiger partial charge in [0.25, 0.3) is 0 Å². The highest BCUT2D eigenvalue weighted by molar-refractivity contribution is 6.31. The minimum atomic E-state index is -4.55. The Morgan fingerprint density at radius 3 is 2.60 bits per heavy atom. The number of carbonyl (C=O) groups excluding carboxylic acids is 1. The minimum Gasteiger partial charge on any atom is -0.327 e. The average molecular weight is 307 g/mol. The van der Waals surface area contributed by atoms with Gasteiger partial charge in [0.15, 0.2) is 0 Å². The standard InChI is InChI=1S/C13H14ClF3N2O/c14-10-5-4-7(6-9(10)13(15,16)17)19-12(20)8-2-1-3-11(8)18/h4-6,8,11H,1-3,18H2,(H,19,20). The van der Waals surface area contributed by atoms with Crippen molar-refractivity contribution in [3.8, 4) is 0 Å². The van der Waals surface area contributed by atoms with Crippen LogP contribution in [0, 0.1) is 5.92 Å². The van der Waals surface area contributed by atoms with Gasteiger partial charge in [-0.25, -0.2) is 0 Å². The van der Waals surface area contributed by atoms with Gasteiger partial charge >= 0.3 is 6.18 Å². The maximum atomic E-state index is 12.7. The molecule has 1 amide bonds. The molecule has 0 aromatic heterocycles. The molecular formula is C13H14ClF3N2O. The van der Waals surface area contributed by atoms with Crippen molar-refractivity contribution >= 4 is 23.2 Å². The third kappa shape index (κ3) is 3.24. The van der Waals surface area contributed by atoms with E-state index in [0.717, 1.165) is 25.0 Å². The van der Waals surface area contributed by atoms with Crippen LogP contribution < -0.4 is 11.1 Å². The zero-order valence-electron chi connectivity index (χ0n) is 10.5. The molecule has 1 saturated carbocycles. The van der Waals surface area contributed by atoms with E-state index in [0.29, 0.717) is 6.42 Å². The maximum absolute atomic E-state index is 12.7. The molecule has 2 rings (SSSR count). The lowest BCUT2D eigenvalue weighted by Crippen LogP contribution is -2.34. The van der Waals surface area contributed by atoms with Crippen LogP contribution in [0.5, 0.6) is 0 Å². The minimum absolute atomic E-state index is 0.0748. The second-order valence-electron chi connectivity index (χ2n) is 4.88. The predicted molar refractivity (Wildman–Crippen MR) is 70.4 cm³/mol. The molecule has 3 N–H and O–H groups in total. The summed E-state index contributed by atoms with van der Waals surface area (Å²) in [6.45, 7) is 0. The number of carbonyl (C=O) groups is 1. The number of nitrogens with one attached hydrogen (secondary N) is 1. The summed E-state index contributed by atoms with van der Waals surface area (Å²) in [4.78, 5) is 12.0. The smallest absolute Gasteiger partial charge is 0.327 e. The molecule has 3 nitrogen and oxygen atoms in total. The first-order chi connectivity index (χ1) is 9.29. The molecule has 1 aliphatic carbocycles. The number of benzene rings is 1. The lowest BCUT2D eigenvalue weighted by Gasteiger charge is -2.16. The predicted octanol–water partition coefficient (Wildman–Crippen LogP) is 3.42. The van der Waals surface area contributed by atoms with Gasteiger partial charge in [-0.05, 0) is 31.0 Å². The Hall–Kier alpha value is -1.27. The zero-order chi connectivity index (χ0) is 14.9. The largest absolute Gasteiger partial charge is 0.417 e. The highest BCUT2D eigenvalue weighted by atomic mass is 35.5. The monoisotopic (exact) mass is 306 g/mol. The number of hydrogen-bond acceptors (Lipinski definition) is 2. The van der Waals surface area contributed by atoms with E-state index < -0.39 is 16.8 Å². The molecule has 0 bridgehead atoms. The Morgan fingerprint density at radius 2 is 2.05 bits per heavy atom. The van der Waals surface area contributed by atoms with Gasteiger partial charge in [0.1, 0.15) is 0 Å². The van der Waals surface area contributed by atoms with Crippen molar-refractivity contribution < 1.29 is 18.0 Å². The van der Waals surface area contributed by atoms with Gasteiger partial charge in [0, 0.05) is 11.7 Å². The van der Waals surface area contributed by atoms with Crippen LogP contribution in [0.15, 0.2) is 18.2 Å². The highest BCUT2D eigenvalue weighted by Gasteiger charge is 2.34.